The first-order valence-corrected chi connectivity index (χ1v) is 7.10. The van der Waals surface area contributed by atoms with Gasteiger partial charge in [0.2, 0.25) is 5.91 Å². The molecule has 86 valence electrons. The molecule has 2 N–H and O–H groups in total. The Kier molecular flexibility index (Phi) is 2.97. The smallest absolute Gasteiger partial charge is 0.220 e. The fourth-order valence-corrected chi connectivity index (χ4v) is 3.80. The third kappa shape index (κ3) is 2.92. The fourth-order valence-electron chi connectivity index (χ4n) is 2.10. The van der Waals surface area contributed by atoms with Crippen molar-refractivity contribution in [3.8, 4) is 0 Å². The van der Waals surface area contributed by atoms with Gasteiger partial charge in [0.15, 0.2) is 9.84 Å². The second kappa shape index (κ2) is 4.09. The summed E-state index contributed by atoms with van der Waals surface area (Å²) in [5, 5.41) is 6.05. The molecule has 0 aromatic rings. The summed E-state index contributed by atoms with van der Waals surface area (Å²) in [5.41, 5.74) is 0. The van der Waals surface area contributed by atoms with E-state index in [9.17, 15) is 13.2 Å². The summed E-state index contributed by atoms with van der Waals surface area (Å²) in [4.78, 5) is 10.9. The quantitative estimate of drug-likeness (QED) is 0.657. The van der Waals surface area contributed by atoms with Gasteiger partial charge in [0, 0.05) is 25.0 Å². The number of amides is 1. The van der Waals surface area contributed by atoms with Crippen LogP contribution in [0.25, 0.3) is 0 Å². The molecule has 1 amide bonds. The summed E-state index contributed by atoms with van der Waals surface area (Å²) in [7, 11) is -2.80. The average Bonchev–Trinajstić information content (AvgIpc) is 2.69. The second-order valence-corrected chi connectivity index (χ2v) is 6.54. The summed E-state index contributed by atoms with van der Waals surface area (Å²) in [6, 6.07) is 0.258. The lowest BCUT2D eigenvalue weighted by molar-refractivity contribution is -0.119. The van der Waals surface area contributed by atoms with Crippen LogP contribution in [0.15, 0.2) is 0 Å². The van der Waals surface area contributed by atoms with E-state index in [0.29, 0.717) is 25.1 Å². The highest BCUT2D eigenvalue weighted by Gasteiger charge is 2.28. The Morgan fingerprint density at radius 1 is 1.40 bits per heavy atom. The zero-order valence-corrected chi connectivity index (χ0v) is 9.35. The van der Waals surface area contributed by atoms with Gasteiger partial charge < -0.3 is 10.6 Å². The zero-order valence-electron chi connectivity index (χ0n) is 8.53. The van der Waals surface area contributed by atoms with Gasteiger partial charge in [0.05, 0.1) is 11.5 Å². The Hall–Kier alpha value is -0.620. The Morgan fingerprint density at radius 3 is 2.73 bits per heavy atom. The lowest BCUT2D eigenvalue weighted by atomic mass is 10.2. The Labute approximate surface area is 89.5 Å². The Balaban J connectivity index is 1.73. The van der Waals surface area contributed by atoms with Gasteiger partial charge in [0.25, 0.3) is 0 Å². The molecule has 2 rings (SSSR count). The minimum Gasteiger partial charge on any atom is -0.352 e. The van der Waals surface area contributed by atoms with E-state index in [1.165, 1.54) is 0 Å². The third-order valence-corrected chi connectivity index (χ3v) is 4.74. The molecule has 0 aliphatic carbocycles. The van der Waals surface area contributed by atoms with Crippen LogP contribution in [0.3, 0.4) is 0 Å². The van der Waals surface area contributed by atoms with Crippen molar-refractivity contribution in [3.63, 3.8) is 0 Å². The van der Waals surface area contributed by atoms with Crippen LogP contribution < -0.4 is 10.6 Å². The molecule has 2 fully saturated rings. The molecule has 0 radical (unpaired) electrons. The molecule has 2 unspecified atom stereocenters. The molecule has 6 heteroatoms. The lowest BCUT2D eigenvalue weighted by Gasteiger charge is -2.15. The van der Waals surface area contributed by atoms with E-state index in [2.05, 4.69) is 10.6 Å². The van der Waals surface area contributed by atoms with Gasteiger partial charge in [-0.3, -0.25) is 4.79 Å². The maximum absolute atomic E-state index is 11.2. The van der Waals surface area contributed by atoms with E-state index >= 15 is 0 Å². The van der Waals surface area contributed by atoms with Crippen LogP contribution in [0.4, 0.5) is 0 Å². The summed E-state index contributed by atoms with van der Waals surface area (Å²) < 4.78 is 22.4. The Morgan fingerprint density at radius 2 is 2.20 bits per heavy atom. The number of carbonyl (C=O) groups excluding carboxylic acids is 1. The first-order valence-electron chi connectivity index (χ1n) is 5.28. The molecule has 2 aliphatic rings. The van der Waals surface area contributed by atoms with Gasteiger partial charge >= 0.3 is 0 Å². The molecule has 0 spiro atoms. The third-order valence-electron chi connectivity index (χ3n) is 2.97. The molecule has 2 heterocycles. The second-order valence-electron chi connectivity index (χ2n) is 4.31. The number of nitrogens with one attached hydrogen (secondary N) is 2. The first-order chi connectivity index (χ1) is 7.05. The van der Waals surface area contributed by atoms with Crippen molar-refractivity contribution in [3.05, 3.63) is 0 Å². The van der Waals surface area contributed by atoms with Gasteiger partial charge in [-0.1, -0.05) is 0 Å². The number of carbonyl (C=O) groups is 1. The monoisotopic (exact) mass is 232 g/mol. The maximum atomic E-state index is 11.2. The van der Waals surface area contributed by atoms with Gasteiger partial charge in [-0.2, -0.15) is 0 Å². The number of hydrogen-bond acceptors (Lipinski definition) is 4. The van der Waals surface area contributed by atoms with Crippen LogP contribution in [-0.2, 0) is 14.6 Å². The highest BCUT2D eigenvalue weighted by atomic mass is 32.2. The van der Waals surface area contributed by atoms with Gasteiger partial charge in [-0.25, -0.2) is 8.42 Å². The summed E-state index contributed by atoms with van der Waals surface area (Å²) in [6.07, 6.45) is 2.14. The van der Waals surface area contributed by atoms with E-state index in [1.807, 2.05) is 0 Å². The molecular formula is C9H16N2O3S. The Bertz CT molecular complexity index is 352. The van der Waals surface area contributed by atoms with Crippen LogP contribution in [0.5, 0.6) is 0 Å². The molecule has 5 nitrogen and oxygen atoms in total. The lowest BCUT2D eigenvalue weighted by Crippen LogP contribution is -2.40. The van der Waals surface area contributed by atoms with Gasteiger partial charge in [-0.15, -0.1) is 0 Å². The van der Waals surface area contributed by atoms with E-state index in [1.54, 1.807) is 0 Å². The van der Waals surface area contributed by atoms with Crippen molar-refractivity contribution in [1.82, 2.24) is 10.6 Å². The molecule has 0 aromatic heterocycles. The van der Waals surface area contributed by atoms with Crippen LogP contribution >= 0.6 is 0 Å². The predicted molar refractivity (Wildman–Crippen MR) is 56.2 cm³/mol. The van der Waals surface area contributed by atoms with E-state index < -0.39 is 9.84 Å². The summed E-state index contributed by atoms with van der Waals surface area (Å²) >= 11 is 0. The minimum atomic E-state index is -2.80. The first kappa shape index (κ1) is 10.9. The molecule has 2 saturated heterocycles. The SMILES string of the molecule is O=C1CCC(CNC2CCS(=O)(=O)C2)N1. The van der Waals surface area contributed by atoms with Crippen LogP contribution in [0, 0.1) is 0 Å². The minimum absolute atomic E-state index is 0.0764. The molecule has 15 heavy (non-hydrogen) atoms. The highest BCUT2D eigenvalue weighted by Crippen LogP contribution is 2.12. The predicted octanol–water partition coefficient (Wildman–Crippen LogP) is -0.958. The van der Waals surface area contributed by atoms with E-state index in [-0.39, 0.29) is 23.7 Å². The fraction of sp³-hybridized carbons (Fsp3) is 0.889. The van der Waals surface area contributed by atoms with E-state index in [4.69, 9.17) is 0 Å². The average molecular weight is 232 g/mol. The molecule has 2 atom stereocenters. The maximum Gasteiger partial charge on any atom is 0.220 e. The number of rotatable bonds is 3. The van der Waals surface area contributed by atoms with Crippen molar-refractivity contribution in [2.75, 3.05) is 18.1 Å². The standard InChI is InChI=1S/C9H16N2O3S/c12-9-2-1-7(11-9)5-10-8-3-4-15(13,14)6-8/h7-8,10H,1-6H2,(H,11,12). The topological polar surface area (TPSA) is 75.3 Å². The summed E-state index contributed by atoms with van der Waals surface area (Å²) in [6.45, 7) is 0.686. The van der Waals surface area contributed by atoms with Crippen LogP contribution in [0.1, 0.15) is 19.3 Å². The van der Waals surface area contributed by atoms with Crippen molar-refractivity contribution in [2.24, 2.45) is 0 Å². The molecule has 2 aliphatic heterocycles. The van der Waals surface area contributed by atoms with Crippen molar-refractivity contribution in [1.29, 1.82) is 0 Å². The molecule has 0 aromatic carbocycles. The summed E-state index contributed by atoms with van der Waals surface area (Å²) in [5.74, 6) is 0.635. The zero-order chi connectivity index (χ0) is 10.9. The number of hydrogen-bond donors (Lipinski definition) is 2. The molecule has 0 bridgehead atoms. The largest absolute Gasteiger partial charge is 0.352 e. The van der Waals surface area contributed by atoms with Crippen molar-refractivity contribution in [2.45, 2.75) is 31.3 Å². The normalized spacial score (nSPS) is 34.3. The van der Waals surface area contributed by atoms with Gasteiger partial charge in [0.1, 0.15) is 0 Å². The highest BCUT2D eigenvalue weighted by molar-refractivity contribution is 7.91. The number of sulfone groups is 1. The van der Waals surface area contributed by atoms with Crippen molar-refractivity contribution < 1.29 is 13.2 Å². The molecular weight excluding hydrogens is 216 g/mol. The van der Waals surface area contributed by atoms with Crippen LogP contribution in [-0.4, -0.2) is 44.5 Å². The van der Waals surface area contributed by atoms with E-state index in [0.717, 1.165) is 6.42 Å². The van der Waals surface area contributed by atoms with Crippen molar-refractivity contribution >= 4 is 15.7 Å². The molecule has 0 saturated carbocycles. The van der Waals surface area contributed by atoms with Gasteiger partial charge in [-0.05, 0) is 12.8 Å². The van der Waals surface area contributed by atoms with Crippen LogP contribution in [0.2, 0.25) is 0 Å².